The molecule has 0 aliphatic carbocycles. The molecule has 0 aromatic heterocycles. The van der Waals surface area contributed by atoms with Gasteiger partial charge in [0.15, 0.2) is 0 Å². The van der Waals surface area contributed by atoms with Crippen molar-refractivity contribution >= 4 is 23.4 Å². The molecule has 2 aromatic carbocycles. The van der Waals surface area contributed by atoms with Crippen molar-refractivity contribution in [2.24, 2.45) is 0 Å². The van der Waals surface area contributed by atoms with E-state index in [4.69, 9.17) is 0 Å². The van der Waals surface area contributed by atoms with Crippen molar-refractivity contribution in [3.8, 4) is 0 Å². The maximum atomic E-state index is 13.3. The zero-order valence-electron chi connectivity index (χ0n) is 16.9. The molecule has 6 heteroatoms. The number of anilines is 1. The van der Waals surface area contributed by atoms with E-state index >= 15 is 0 Å². The van der Waals surface area contributed by atoms with E-state index in [1.165, 1.54) is 4.90 Å². The molecule has 2 aliphatic heterocycles. The molecule has 0 radical (unpaired) electrons. The average molecular weight is 391 g/mol. The van der Waals surface area contributed by atoms with E-state index in [0.29, 0.717) is 24.1 Å². The molecule has 6 nitrogen and oxygen atoms in total. The summed E-state index contributed by atoms with van der Waals surface area (Å²) >= 11 is 0. The fraction of sp³-hybridized carbons (Fsp3) is 0.348. The maximum absolute atomic E-state index is 13.3. The molecule has 1 fully saturated rings. The molecule has 0 spiro atoms. The summed E-state index contributed by atoms with van der Waals surface area (Å²) in [5.74, 6) is -0.503. The first-order chi connectivity index (χ1) is 13.7. The minimum Gasteiger partial charge on any atom is -0.346 e. The van der Waals surface area contributed by atoms with E-state index < -0.39 is 11.2 Å². The topological polar surface area (TPSA) is 69.7 Å². The molecule has 1 saturated heterocycles. The number of amides is 3. The van der Waals surface area contributed by atoms with Gasteiger partial charge in [-0.25, -0.2) is 0 Å². The van der Waals surface area contributed by atoms with Crippen LogP contribution in [0.15, 0.2) is 54.6 Å². The van der Waals surface area contributed by atoms with Crippen molar-refractivity contribution < 1.29 is 14.4 Å². The van der Waals surface area contributed by atoms with Crippen LogP contribution in [-0.2, 0) is 15.1 Å². The second-order valence-corrected chi connectivity index (χ2v) is 8.39. The molecular weight excluding hydrogens is 366 g/mol. The van der Waals surface area contributed by atoms with Crippen molar-refractivity contribution in [3.05, 3.63) is 65.7 Å². The van der Waals surface area contributed by atoms with Crippen molar-refractivity contribution in [2.45, 2.75) is 44.8 Å². The lowest BCUT2D eigenvalue weighted by Crippen LogP contribution is -2.64. The Morgan fingerprint density at radius 2 is 1.72 bits per heavy atom. The minimum atomic E-state index is -0.837. The Balaban J connectivity index is 1.62. The molecule has 1 atom stereocenters. The summed E-state index contributed by atoms with van der Waals surface area (Å²) in [7, 11) is 0. The Labute approximate surface area is 170 Å². The summed E-state index contributed by atoms with van der Waals surface area (Å²) in [5, 5.41) is 3.04. The zero-order valence-corrected chi connectivity index (χ0v) is 16.9. The Morgan fingerprint density at radius 1 is 1.07 bits per heavy atom. The van der Waals surface area contributed by atoms with Crippen molar-refractivity contribution in [3.63, 3.8) is 0 Å². The fourth-order valence-corrected chi connectivity index (χ4v) is 4.40. The van der Waals surface area contributed by atoms with Crippen LogP contribution in [0.3, 0.4) is 0 Å². The van der Waals surface area contributed by atoms with Crippen molar-refractivity contribution in [1.29, 1.82) is 0 Å². The summed E-state index contributed by atoms with van der Waals surface area (Å²) in [6, 6.07) is 16.8. The standard InChI is InChI=1S/C23H25N3O3/c1-22(2,16-9-5-4-6-10-16)24-19(27)15-25-21(29)17-11-7-8-12-18(17)26-20(28)13-14-23(25,26)3/h4-12H,13-15H2,1-3H3,(H,24,27). The number of benzene rings is 2. The van der Waals surface area contributed by atoms with Crippen LogP contribution in [0, 0.1) is 0 Å². The monoisotopic (exact) mass is 391 g/mol. The number of hydrogen-bond donors (Lipinski definition) is 1. The Morgan fingerprint density at radius 3 is 2.45 bits per heavy atom. The van der Waals surface area contributed by atoms with Gasteiger partial charge in [0.1, 0.15) is 12.2 Å². The zero-order chi connectivity index (χ0) is 20.8. The highest BCUT2D eigenvalue weighted by Gasteiger charge is 2.53. The largest absolute Gasteiger partial charge is 0.346 e. The molecule has 2 heterocycles. The van der Waals surface area contributed by atoms with E-state index in [1.54, 1.807) is 23.1 Å². The van der Waals surface area contributed by atoms with Gasteiger partial charge < -0.3 is 10.2 Å². The first-order valence-corrected chi connectivity index (χ1v) is 9.85. The molecule has 2 aromatic rings. The first-order valence-electron chi connectivity index (χ1n) is 9.85. The molecule has 4 rings (SSSR count). The Kier molecular flexibility index (Phi) is 4.45. The normalized spacial score (nSPS) is 21.1. The average Bonchev–Trinajstić information content (AvgIpc) is 3.01. The van der Waals surface area contributed by atoms with Crippen LogP contribution in [-0.4, -0.2) is 34.8 Å². The number of carbonyl (C=O) groups is 3. The third-order valence-electron chi connectivity index (χ3n) is 5.99. The van der Waals surface area contributed by atoms with Crippen LogP contribution < -0.4 is 10.2 Å². The number of nitrogens with zero attached hydrogens (tertiary/aromatic N) is 2. The predicted molar refractivity (Wildman–Crippen MR) is 110 cm³/mol. The van der Waals surface area contributed by atoms with E-state index in [9.17, 15) is 14.4 Å². The first kappa shape index (κ1) is 19.2. The van der Waals surface area contributed by atoms with Gasteiger partial charge in [-0.05, 0) is 44.9 Å². The lowest BCUT2D eigenvalue weighted by molar-refractivity contribution is -0.125. The number of nitrogens with one attached hydrogen (secondary N) is 1. The highest BCUT2D eigenvalue weighted by atomic mass is 16.2. The lowest BCUT2D eigenvalue weighted by Gasteiger charge is -2.48. The van der Waals surface area contributed by atoms with Gasteiger partial charge in [0.2, 0.25) is 11.8 Å². The van der Waals surface area contributed by atoms with Gasteiger partial charge in [0, 0.05) is 6.42 Å². The van der Waals surface area contributed by atoms with E-state index in [0.717, 1.165) is 5.56 Å². The number of hydrogen-bond acceptors (Lipinski definition) is 3. The van der Waals surface area contributed by atoms with Crippen LogP contribution in [0.5, 0.6) is 0 Å². The third-order valence-corrected chi connectivity index (χ3v) is 5.99. The van der Waals surface area contributed by atoms with Gasteiger partial charge in [-0.15, -0.1) is 0 Å². The third kappa shape index (κ3) is 3.09. The molecule has 29 heavy (non-hydrogen) atoms. The second-order valence-electron chi connectivity index (χ2n) is 8.39. The van der Waals surface area contributed by atoms with Crippen molar-refractivity contribution in [2.75, 3.05) is 11.4 Å². The summed E-state index contributed by atoms with van der Waals surface area (Å²) in [5.41, 5.74) is 0.643. The van der Waals surface area contributed by atoms with Crippen LogP contribution in [0.4, 0.5) is 5.69 Å². The van der Waals surface area contributed by atoms with Crippen LogP contribution in [0.2, 0.25) is 0 Å². The van der Waals surface area contributed by atoms with Gasteiger partial charge in [-0.3, -0.25) is 19.3 Å². The molecule has 150 valence electrons. The fourth-order valence-electron chi connectivity index (χ4n) is 4.40. The maximum Gasteiger partial charge on any atom is 0.258 e. The molecule has 1 unspecified atom stereocenters. The van der Waals surface area contributed by atoms with E-state index in [1.807, 2.05) is 57.2 Å². The van der Waals surface area contributed by atoms with Gasteiger partial charge in [0.25, 0.3) is 5.91 Å². The number of fused-ring (bicyclic) bond motifs is 3. The summed E-state index contributed by atoms with van der Waals surface area (Å²) < 4.78 is 0. The second kappa shape index (κ2) is 6.72. The van der Waals surface area contributed by atoms with Crippen molar-refractivity contribution in [1.82, 2.24) is 10.2 Å². The highest BCUT2D eigenvalue weighted by Crippen LogP contribution is 2.43. The summed E-state index contributed by atoms with van der Waals surface area (Å²) in [6.07, 6.45) is 0.854. The number of rotatable bonds is 4. The van der Waals surface area contributed by atoms with E-state index in [-0.39, 0.29) is 24.3 Å². The molecule has 2 aliphatic rings. The lowest BCUT2D eigenvalue weighted by atomic mass is 9.94. The van der Waals surface area contributed by atoms with Crippen LogP contribution in [0.25, 0.3) is 0 Å². The molecule has 0 bridgehead atoms. The molecule has 0 saturated carbocycles. The smallest absolute Gasteiger partial charge is 0.258 e. The number of para-hydroxylation sites is 1. The van der Waals surface area contributed by atoms with Gasteiger partial charge >= 0.3 is 0 Å². The SMILES string of the molecule is CC(C)(NC(=O)CN1C(=O)c2ccccc2N2C(=O)CCC12C)c1ccccc1. The van der Waals surface area contributed by atoms with Crippen LogP contribution >= 0.6 is 0 Å². The summed E-state index contributed by atoms with van der Waals surface area (Å²) in [6.45, 7) is 5.62. The van der Waals surface area contributed by atoms with Gasteiger partial charge in [0.05, 0.1) is 16.8 Å². The number of carbonyl (C=O) groups excluding carboxylic acids is 3. The Bertz CT molecular complexity index is 986. The quantitative estimate of drug-likeness (QED) is 0.871. The van der Waals surface area contributed by atoms with Gasteiger partial charge in [-0.1, -0.05) is 42.5 Å². The predicted octanol–water partition coefficient (Wildman–Crippen LogP) is 3.04. The minimum absolute atomic E-state index is 0.0255. The highest BCUT2D eigenvalue weighted by molar-refractivity contribution is 6.11. The summed E-state index contributed by atoms with van der Waals surface area (Å²) in [4.78, 5) is 42.0. The van der Waals surface area contributed by atoms with Gasteiger partial charge in [-0.2, -0.15) is 0 Å². The molecular formula is C23H25N3O3. The van der Waals surface area contributed by atoms with E-state index in [2.05, 4.69) is 5.32 Å². The van der Waals surface area contributed by atoms with Crippen LogP contribution in [0.1, 0.15) is 49.5 Å². The molecule has 3 amide bonds. The molecule has 1 N–H and O–H groups in total. The Hall–Kier alpha value is -3.15.